The van der Waals surface area contributed by atoms with Crippen molar-refractivity contribution in [2.45, 2.75) is 32.1 Å². The lowest BCUT2D eigenvalue weighted by Gasteiger charge is -2.35. The van der Waals surface area contributed by atoms with Gasteiger partial charge >= 0.3 is 0 Å². The first-order valence-electron chi connectivity index (χ1n) is 11.9. The van der Waals surface area contributed by atoms with Crippen LogP contribution in [0.1, 0.15) is 36.8 Å². The van der Waals surface area contributed by atoms with Gasteiger partial charge in [-0.2, -0.15) is 0 Å². The van der Waals surface area contributed by atoms with Gasteiger partial charge in [-0.15, -0.1) is 0 Å². The lowest BCUT2D eigenvalue weighted by Crippen LogP contribution is -2.45. The molecule has 3 aromatic rings. The maximum Gasteiger partial charge on any atom is 0.226 e. The molecule has 2 aliphatic rings. The lowest BCUT2D eigenvalue weighted by atomic mass is 9.93. The van der Waals surface area contributed by atoms with Crippen molar-refractivity contribution in [1.82, 2.24) is 19.8 Å². The number of benzene rings is 1. The number of aryl methyl sites for hydroxylation is 1. The van der Waals surface area contributed by atoms with Crippen molar-refractivity contribution in [3.8, 4) is 0 Å². The molecule has 33 heavy (non-hydrogen) atoms. The minimum Gasteiger partial charge on any atom is -0.346 e. The SMILES string of the molecule is O=C(CCc1ccccc1)N1CCC(C(=O)N2CC=C(c3c[nH]c4ncccc34)CC2)CC1. The molecule has 170 valence electrons. The Balaban J connectivity index is 1.12. The molecule has 1 fully saturated rings. The number of nitrogens with zero attached hydrogens (tertiary/aromatic N) is 3. The Bertz CT molecular complexity index is 1160. The summed E-state index contributed by atoms with van der Waals surface area (Å²) in [6.45, 7) is 2.76. The molecule has 2 aromatic heterocycles. The number of hydrogen-bond acceptors (Lipinski definition) is 3. The highest BCUT2D eigenvalue weighted by Crippen LogP contribution is 2.29. The van der Waals surface area contributed by atoms with Crippen molar-refractivity contribution in [3.05, 3.63) is 72.1 Å². The fourth-order valence-corrected chi connectivity index (χ4v) is 5.02. The first-order chi connectivity index (χ1) is 16.2. The Labute approximate surface area is 194 Å². The van der Waals surface area contributed by atoms with E-state index in [0.29, 0.717) is 26.1 Å². The smallest absolute Gasteiger partial charge is 0.226 e. The van der Waals surface area contributed by atoms with E-state index in [-0.39, 0.29) is 17.7 Å². The maximum absolute atomic E-state index is 13.1. The molecule has 0 spiro atoms. The number of amides is 2. The number of H-pyrrole nitrogens is 1. The fraction of sp³-hybridized carbons (Fsp3) is 0.370. The molecule has 6 heteroatoms. The molecule has 1 saturated heterocycles. The molecule has 1 aromatic carbocycles. The van der Waals surface area contributed by atoms with Crippen molar-refractivity contribution in [2.75, 3.05) is 26.2 Å². The molecular weight excluding hydrogens is 412 g/mol. The third-order valence-electron chi connectivity index (χ3n) is 6.99. The van der Waals surface area contributed by atoms with Crippen LogP contribution in [0.5, 0.6) is 0 Å². The highest BCUT2D eigenvalue weighted by Gasteiger charge is 2.31. The Morgan fingerprint density at radius 1 is 1.00 bits per heavy atom. The predicted molar refractivity (Wildman–Crippen MR) is 129 cm³/mol. The minimum absolute atomic E-state index is 0.0235. The molecule has 0 aliphatic carbocycles. The number of carbonyl (C=O) groups is 2. The first kappa shape index (κ1) is 21.4. The Kier molecular flexibility index (Phi) is 6.24. The standard InChI is InChI=1S/C27H30N4O2/c32-25(9-8-20-5-2-1-3-6-20)30-15-12-22(13-16-30)27(33)31-17-10-21(11-18-31)24-19-29-26-23(24)7-4-14-28-26/h1-7,10,14,19,22H,8-9,11-13,15-18H2,(H,28,29). The normalized spacial score (nSPS) is 17.3. The van der Waals surface area contributed by atoms with Gasteiger partial charge in [0.2, 0.25) is 11.8 Å². The predicted octanol–water partition coefficient (Wildman–Crippen LogP) is 4.05. The van der Waals surface area contributed by atoms with Crippen molar-refractivity contribution >= 4 is 28.4 Å². The van der Waals surface area contributed by atoms with Gasteiger partial charge in [0, 0.05) is 61.9 Å². The summed E-state index contributed by atoms with van der Waals surface area (Å²) in [5.74, 6) is 0.459. The van der Waals surface area contributed by atoms with Crippen LogP contribution in [0.3, 0.4) is 0 Å². The fourth-order valence-electron chi connectivity index (χ4n) is 5.02. The van der Waals surface area contributed by atoms with Crippen molar-refractivity contribution in [2.24, 2.45) is 5.92 Å². The average molecular weight is 443 g/mol. The minimum atomic E-state index is 0.0235. The van der Waals surface area contributed by atoms with Crippen LogP contribution in [-0.4, -0.2) is 57.8 Å². The van der Waals surface area contributed by atoms with E-state index < -0.39 is 0 Å². The summed E-state index contributed by atoms with van der Waals surface area (Å²) in [4.78, 5) is 37.3. The molecule has 1 N–H and O–H groups in total. The van der Waals surface area contributed by atoms with Gasteiger partial charge in [0.25, 0.3) is 0 Å². The monoisotopic (exact) mass is 442 g/mol. The van der Waals surface area contributed by atoms with Gasteiger partial charge in [0.05, 0.1) is 0 Å². The number of aromatic nitrogens is 2. The molecule has 2 aliphatic heterocycles. The van der Waals surface area contributed by atoms with Crippen molar-refractivity contribution in [3.63, 3.8) is 0 Å². The zero-order chi connectivity index (χ0) is 22.6. The highest BCUT2D eigenvalue weighted by atomic mass is 16.2. The quantitative estimate of drug-likeness (QED) is 0.648. The largest absolute Gasteiger partial charge is 0.346 e. The van der Waals surface area contributed by atoms with Crippen LogP contribution >= 0.6 is 0 Å². The van der Waals surface area contributed by atoms with Crippen LogP contribution in [0, 0.1) is 5.92 Å². The summed E-state index contributed by atoms with van der Waals surface area (Å²) in [5, 5.41) is 1.13. The van der Waals surface area contributed by atoms with E-state index in [0.717, 1.165) is 43.3 Å². The van der Waals surface area contributed by atoms with Crippen LogP contribution < -0.4 is 0 Å². The number of carbonyl (C=O) groups excluding carboxylic acids is 2. The van der Waals surface area contributed by atoms with Crippen molar-refractivity contribution < 1.29 is 9.59 Å². The van der Waals surface area contributed by atoms with Crippen LogP contribution in [0.4, 0.5) is 0 Å². The van der Waals surface area contributed by atoms with E-state index in [9.17, 15) is 9.59 Å². The second-order valence-electron chi connectivity index (χ2n) is 9.01. The molecular formula is C27H30N4O2. The van der Waals surface area contributed by atoms with Gasteiger partial charge in [0.1, 0.15) is 5.65 Å². The maximum atomic E-state index is 13.1. The lowest BCUT2D eigenvalue weighted by molar-refractivity contribution is -0.140. The number of rotatable bonds is 5. The number of likely N-dealkylation sites (tertiary alicyclic amines) is 1. The second kappa shape index (κ2) is 9.61. The zero-order valence-electron chi connectivity index (χ0n) is 18.9. The molecule has 0 bridgehead atoms. The van der Waals surface area contributed by atoms with Gasteiger partial charge in [-0.05, 0) is 49.0 Å². The molecule has 0 unspecified atom stereocenters. The Hall–Kier alpha value is -3.41. The number of piperidine rings is 1. The summed E-state index contributed by atoms with van der Waals surface area (Å²) in [6.07, 6.45) is 9.67. The molecule has 2 amide bonds. The number of fused-ring (bicyclic) bond motifs is 1. The van der Waals surface area contributed by atoms with Crippen LogP contribution in [0.25, 0.3) is 16.6 Å². The first-order valence-corrected chi connectivity index (χ1v) is 11.9. The zero-order valence-corrected chi connectivity index (χ0v) is 18.9. The average Bonchev–Trinajstić information content (AvgIpc) is 3.32. The summed E-state index contributed by atoms with van der Waals surface area (Å²) in [5.41, 5.74) is 4.55. The topological polar surface area (TPSA) is 69.3 Å². The van der Waals surface area contributed by atoms with Crippen LogP contribution in [0.15, 0.2) is 60.9 Å². The number of nitrogens with one attached hydrogen (secondary N) is 1. The van der Waals surface area contributed by atoms with Crippen LogP contribution in [-0.2, 0) is 16.0 Å². The summed E-state index contributed by atoms with van der Waals surface area (Å²) < 4.78 is 0. The Morgan fingerprint density at radius 2 is 1.82 bits per heavy atom. The molecule has 4 heterocycles. The summed E-state index contributed by atoms with van der Waals surface area (Å²) in [6, 6.07) is 14.2. The molecule has 0 radical (unpaired) electrons. The number of pyridine rings is 1. The van der Waals surface area contributed by atoms with E-state index in [2.05, 4.69) is 34.2 Å². The van der Waals surface area contributed by atoms with Crippen LogP contribution in [0.2, 0.25) is 0 Å². The van der Waals surface area contributed by atoms with E-state index in [1.54, 1.807) is 6.20 Å². The number of aromatic amines is 1. The summed E-state index contributed by atoms with van der Waals surface area (Å²) >= 11 is 0. The van der Waals surface area contributed by atoms with Gasteiger partial charge in [-0.1, -0.05) is 36.4 Å². The van der Waals surface area contributed by atoms with E-state index in [1.807, 2.05) is 40.3 Å². The second-order valence-corrected chi connectivity index (χ2v) is 9.01. The Morgan fingerprint density at radius 3 is 2.58 bits per heavy atom. The number of hydrogen-bond donors (Lipinski definition) is 1. The van der Waals surface area contributed by atoms with E-state index in [1.165, 1.54) is 16.7 Å². The molecule has 0 atom stereocenters. The van der Waals surface area contributed by atoms with E-state index in [4.69, 9.17) is 0 Å². The summed E-state index contributed by atoms with van der Waals surface area (Å²) in [7, 11) is 0. The van der Waals surface area contributed by atoms with Gasteiger partial charge in [0.15, 0.2) is 0 Å². The van der Waals surface area contributed by atoms with Crippen molar-refractivity contribution in [1.29, 1.82) is 0 Å². The van der Waals surface area contributed by atoms with Gasteiger partial charge < -0.3 is 14.8 Å². The van der Waals surface area contributed by atoms with E-state index >= 15 is 0 Å². The van der Waals surface area contributed by atoms with Gasteiger partial charge in [-0.25, -0.2) is 4.98 Å². The molecule has 6 nitrogen and oxygen atoms in total. The third kappa shape index (κ3) is 4.70. The molecule has 5 rings (SSSR count). The van der Waals surface area contributed by atoms with Gasteiger partial charge in [-0.3, -0.25) is 9.59 Å². The third-order valence-corrected chi connectivity index (χ3v) is 6.99. The molecule has 0 saturated carbocycles. The highest BCUT2D eigenvalue weighted by molar-refractivity contribution is 5.91.